The Morgan fingerprint density at radius 3 is 2.69 bits per heavy atom. The minimum Gasteiger partial charge on any atom is -0.394 e. The van der Waals surface area contributed by atoms with Crippen LogP contribution in [0.1, 0.15) is 12.5 Å². The zero-order valence-electron chi connectivity index (χ0n) is 9.56. The van der Waals surface area contributed by atoms with Crippen LogP contribution in [0.3, 0.4) is 0 Å². The van der Waals surface area contributed by atoms with Crippen molar-refractivity contribution in [2.24, 2.45) is 0 Å². The predicted molar refractivity (Wildman–Crippen MR) is 66.1 cm³/mol. The molecule has 1 rings (SSSR count). The lowest BCUT2D eigenvalue weighted by Gasteiger charge is -2.08. The lowest BCUT2D eigenvalue weighted by atomic mass is 10.1. The standard InChI is InChI=1S/C13H19NO2/c1-11(8-14-9-13(16)10-15)7-12-5-3-2-4-6-12/h2-7,13-16H,8-10H2,1H3/b11-7-. The van der Waals surface area contributed by atoms with Crippen LogP contribution in [0, 0.1) is 0 Å². The highest BCUT2D eigenvalue weighted by Gasteiger charge is 1.99. The van der Waals surface area contributed by atoms with E-state index in [0.717, 1.165) is 0 Å². The largest absolute Gasteiger partial charge is 0.394 e. The van der Waals surface area contributed by atoms with Gasteiger partial charge in [-0.25, -0.2) is 0 Å². The fraction of sp³-hybridized carbons (Fsp3) is 0.385. The van der Waals surface area contributed by atoms with Gasteiger partial charge in [-0.15, -0.1) is 0 Å². The molecule has 1 aromatic carbocycles. The minimum absolute atomic E-state index is 0.200. The Morgan fingerprint density at radius 2 is 2.06 bits per heavy atom. The molecule has 0 radical (unpaired) electrons. The van der Waals surface area contributed by atoms with Gasteiger partial charge in [-0.2, -0.15) is 0 Å². The molecule has 0 fully saturated rings. The van der Waals surface area contributed by atoms with E-state index >= 15 is 0 Å². The van der Waals surface area contributed by atoms with Gasteiger partial charge in [0.15, 0.2) is 0 Å². The van der Waals surface area contributed by atoms with Gasteiger partial charge in [0, 0.05) is 13.1 Å². The van der Waals surface area contributed by atoms with E-state index in [-0.39, 0.29) is 6.61 Å². The number of hydrogen-bond donors (Lipinski definition) is 3. The van der Waals surface area contributed by atoms with Crippen molar-refractivity contribution in [2.75, 3.05) is 19.7 Å². The van der Waals surface area contributed by atoms with Gasteiger partial charge in [0.2, 0.25) is 0 Å². The van der Waals surface area contributed by atoms with E-state index in [1.54, 1.807) is 0 Å². The normalized spacial score (nSPS) is 13.8. The molecular weight excluding hydrogens is 202 g/mol. The van der Waals surface area contributed by atoms with Crippen molar-refractivity contribution in [1.29, 1.82) is 0 Å². The van der Waals surface area contributed by atoms with E-state index < -0.39 is 6.10 Å². The second-order valence-corrected chi connectivity index (χ2v) is 3.87. The van der Waals surface area contributed by atoms with E-state index in [4.69, 9.17) is 10.2 Å². The first-order valence-electron chi connectivity index (χ1n) is 5.44. The molecule has 3 N–H and O–H groups in total. The lowest BCUT2D eigenvalue weighted by Crippen LogP contribution is -2.30. The SMILES string of the molecule is C/C(=C/c1ccccc1)CNCC(O)CO. The molecular formula is C13H19NO2. The Kier molecular flexibility index (Phi) is 5.78. The third-order valence-corrected chi connectivity index (χ3v) is 2.21. The van der Waals surface area contributed by atoms with Gasteiger partial charge >= 0.3 is 0 Å². The molecule has 16 heavy (non-hydrogen) atoms. The monoisotopic (exact) mass is 221 g/mol. The van der Waals surface area contributed by atoms with E-state index in [2.05, 4.69) is 11.4 Å². The third-order valence-electron chi connectivity index (χ3n) is 2.21. The zero-order chi connectivity index (χ0) is 11.8. The topological polar surface area (TPSA) is 52.5 Å². The summed E-state index contributed by atoms with van der Waals surface area (Å²) in [6.07, 6.45) is 1.42. The summed E-state index contributed by atoms with van der Waals surface area (Å²) >= 11 is 0. The van der Waals surface area contributed by atoms with Crippen LogP contribution in [0.5, 0.6) is 0 Å². The molecule has 0 saturated carbocycles. The van der Waals surface area contributed by atoms with Gasteiger partial charge in [-0.05, 0) is 12.5 Å². The Bertz CT molecular complexity index is 322. The molecule has 0 saturated heterocycles. The highest BCUT2D eigenvalue weighted by atomic mass is 16.3. The summed E-state index contributed by atoms with van der Waals surface area (Å²) < 4.78 is 0. The molecule has 0 aliphatic carbocycles. The molecule has 0 heterocycles. The van der Waals surface area contributed by atoms with Crippen LogP contribution < -0.4 is 5.32 Å². The summed E-state index contributed by atoms with van der Waals surface area (Å²) in [6.45, 7) is 2.96. The van der Waals surface area contributed by atoms with E-state index in [9.17, 15) is 0 Å². The van der Waals surface area contributed by atoms with Crippen LogP contribution >= 0.6 is 0 Å². The van der Waals surface area contributed by atoms with Crippen molar-refractivity contribution >= 4 is 6.08 Å². The predicted octanol–water partition coefficient (Wildman–Crippen LogP) is 1.03. The van der Waals surface area contributed by atoms with Crippen molar-refractivity contribution < 1.29 is 10.2 Å². The molecule has 3 nitrogen and oxygen atoms in total. The molecule has 0 spiro atoms. The van der Waals surface area contributed by atoms with Crippen molar-refractivity contribution in [3.63, 3.8) is 0 Å². The number of aliphatic hydroxyl groups excluding tert-OH is 2. The van der Waals surface area contributed by atoms with Crippen molar-refractivity contribution in [3.8, 4) is 0 Å². The molecule has 3 heteroatoms. The molecule has 0 bridgehead atoms. The maximum atomic E-state index is 9.13. The lowest BCUT2D eigenvalue weighted by molar-refractivity contribution is 0.0952. The molecule has 1 aromatic rings. The quantitative estimate of drug-likeness (QED) is 0.672. The van der Waals surface area contributed by atoms with Crippen LogP contribution in [0.2, 0.25) is 0 Å². The van der Waals surface area contributed by atoms with Crippen molar-refractivity contribution in [3.05, 3.63) is 41.5 Å². The summed E-state index contributed by atoms with van der Waals surface area (Å²) in [6, 6.07) is 10.1. The number of aliphatic hydroxyl groups is 2. The average molecular weight is 221 g/mol. The zero-order valence-corrected chi connectivity index (χ0v) is 9.56. The van der Waals surface area contributed by atoms with Crippen LogP contribution in [0.15, 0.2) is 35.9 Å². The Labute approximate surface area is 96.4 Å². The van der Waals surface area contributed by atoms with Crippen LogP contribution in [0.4, 0.5) is 0 Å². The molecule has 0 aliphatic heterocycles. The fourth-order valence-electron chi connectivity index (χ4n) is 1.39. The minimum atomic E-state index is -0.676. The molecule has 0 aliphatic rings. The van der Waals surface area contributed by atoms with Gasteiger partial charge in [-0.1, -0.05) is 42.0 Å². The third kappa shape index (κ3) is 5.07. The first kappa shape index (κ1) is 12.9. The summed E-state index contributed by atoms with van der Waals surface area (Å²) in [7, 11) is 0. The molecule has 88 valence electrons. The summed E-state index contributed by atoms with van der Waals surface area (Å²) in [5.41, 5.74) is 2.36. The summed E-state index contributed by atoms with van der Waals surface area (Å²) in [5, 5.41) is 20.8. The highest BCUT2D eigenvalue weighted by Crippen LogP contribution is 2.04. The van der Waals surface area contributed by atoms with Crippen molar-refractivity contribution in [1.82, 2.24) is 5.32 Å². The van der Waals surface area contributed by atoms with E-state index in [1.165, 1.54) is 11.1 Å². The Hall–Kier alpha value is -1.16. The molecule has 1 atom stereocenters. The van der Waals surface area contributed by atoms with Gasteiger partial charge in [0.05, 0.1) is 12.7 Å². The number of benzene rings is 1. The van der Waals surface area contributed by atoms with E-state index in [0.29, 0.717) is 13.1 Å². The van der Waals surface area contributed by atoms with Crippen LogP contribution in [0.25, 0.3) is 6.08 Å². The van der Waals surface area contributed by atoms with Gasteiger partial charge in [-0.3, -0.25) is 0 Å². The van der Waals surface area contributed by atoms with Crippen LogP contribution in [-0.2, 0) is 0 Å². The second kappa shape index (κ2) is 7.17. The number of nitrogens with one attached hydrogen (secondary N) is 1. The number of hydrogen-bond acceptors (Lipinski definition) is 3. The Morgan fingerprint density at radius 1 is 1.38 bits per heavy atom. The highest BCUT2D eigenvalue weighted by molar-refractivity contribution is 5.52. The first-order valence-corrected chi connectivity index (χ1v) is 5.44. The molecule has 0 amide bonds. The second-order valence-electron chi connectivity index (χ2n) is 3.87. The number of rotatable bonds is 6. The van der Waals surface area contributed by atoms with Gasteiger partial charge in [0.1, 0.15) is 0 Å². The molecule has 1 unspecified atom stereocenters. The first-order chi connectivity index (χ1) is 7.72. The molecule has 0 aromatic heterocycles. The van der Waals surface area contributed by atoms with Gasteiger partial charge < -0.3 is 15.5 Å². The maximum absolute atomic E-state index is 9.13. The average Bonchev–Trinajstić information content (AvgIpc) is 2.30. The smallest absolute Gasteiger partial charge is 0.0895 e. The Balaban J connectivity index is 2.35. The fourth-order valence-corrected chi connectivity index (χ4v) is 1.39. The van der Waals surface area contributed by atoms with Crippen molar-refractivity contribution in [2.45, 2.75) is 13.0 Å². The maximum Gasteiger partial charge on any atom is 0.0895 e. The summed E-state index contributed by atoms with van der Waals surface area (Å²) in [5.74, 6) is 0. The van der Waals surface area contributed by atoms with E-state index in [1.807, 2.05) is 37.3 Å². The summed E-state index contributed by atoms with van der Waals surface area (Å²) in [4.78, 5) is 0. The van der Waals surface area contributed by atoms with Gasteiger partial charge in [0.25, 0.3) is 0 Å². The van der Waals surface area contributed by atoms with Crippen LogP contribution in [-0.4, -0.2) is 36.0 Å².